The van der Waals surface area contributed by atoms with Crippen LogP contribution in [0.4, 0.5) is 24.9 Å². The third-order valence-electron chi connectivity index (χ3n) is 2.82. The predicted octanol–water partition coefficient (Wildman–Crippen LogP) is 1.61. The Kier molecular flexibility index (Phi) is 4.40. The molecule has 2 N–H and O–H groups in total. The standard InChI is InChI=1S/C12H17F3N4O2/c1-7(2)21-10-5-9(17-11(16)18-10)19-3-4-20-8(6-19)12(13,14)15/h5,7-8H,3-4,6H2,1-2H3,(H2,16,17,18). The monoisotopic (exact) mass is 306 g/mol. The van der Waals surface area contributed by atoms with E-state index in [4.69, 9.17) is 15.2 Å². The maximum Gasteiger partial charge on any atom is 0.416 e. The highest BCUT2D eigenvalue weighted by atomic mass is 19.4. The zero-order chi connectivity index (χ0) is 15.6. The normalized spacial score (nSPS) is 19.9. The fraction of sp³-hybridized carbons (Fsp3) is 0.667. The van der Waals surface area contributed by atoms with Crippen LogP contribution in [0.2, 0.25) is 0 Å². The molecule has 0 aliphatic carbocycles. The number of nitrogens with two attached hydrogens (primary N) is 1. The molecule has 1 aromatic rings. The van der Waals surface area contributed by atoms with Crippen LogP contribution in [0.1, 0.15) is 13.8 Å². The van der Waals surface area contributed by atoms with Gasteiger partial charge in [-0.05, 0) is 13.8 Å². The molecule has 1 unspecified atom stereocenters. The number of halogens is 3. The molecule has 0 spiro atoms. The summed E-state index contributed by atoms with van der Waals surface area (Å²) in [6, 6.07) is 1.48. The van der Waals surface area contributed by atoms with Crippen molar-refractivity contribution in [2.24, 2.45) is 0 Å². The van der Waals surface area contributed by atoms with Gasteiger partial charge in [-0.1, -0.05) is 0 Å². The van der Waals surface area contributed by atoms with Crippen LogP contribution in [0.5, 0.6) is 5.88 Å². The summed E-state index contributed by atoms with van der Waals surface area (Å²) in [7, 11) is 0. The zero-order valence-corrected chi connectivity index (χ0v) is 11.7. The second-order valence-electron chi connectivity index (χ2n) is 4.94. The van der Waals surface area contributed by atoms with Gasteiger partial charge < -0.3 is 20.1 Å². The topological polar surface area (TPSA) is 73.5 Å². The number of ether oxygens (including phenoxy) is 2. The van der Waals surface area contributed by atoms with Gasteiger partial charge in [0.25, 0.3) is 0 Å². The van der Waals surface area contributed by atoms with Crippen molar-refractivity contribution in [3.8, 4) is 5.88 Å². The van der Waals surface area contributed by atoms with Crippen LogP contribution >= 0.6 is 0 Å². The van der Waals surface area contributed by atoms with Crippen molar-refractivity contribution in [3.05, 3.63) is 6.07 Å². The first-order valence-corrected chi connectivity index (χ1v) is 6.50. The fourth-order valence-corrected chi connectivity index (χ4v) is 1.95. The Bertz CT molecular complexity index is 496. The van der Waals surface area contributed by atoms with Gasteiger partial charge in [-0.2, -0.15) is 23.1 Å². The molecule has 0 amide bonds. The van der Waals surface area contributed by atoms with Crippen molar-refractivity contribution in [2.75, 3.05) is 30.3 Å². The molecule has 118 valence electrons. The average Bonchev–Trinajstić information content (AvgIpc) is 2.36. The van der Waals surface area contributed by atoms with Crippen LogP contribution in [0.15, 0.2) is 6.07 Å². The van der Waals surface area contributed by atoms with Gasteiger partial charge in [0.15, 0.2) is 6.10 Å². The summed E-state index contributed by atoms with van der Waals surface area (Å²) in [6.45, 7) is 3.55. The molecule has 2 heterocycles. The predicted molar refractivity (Wildman–Crippen MR) is 70.2 cm³/mol. The molecule has 6 nitrogen and oxygen atoms in total. The van der Waals surface area contributed by atoms with E-state index in [2.05, 4.69) is 9.97 Å². The molecule has 1 aliphatic rings. The van der Waals surface area contributed by atoms with Crippen LogP contribution < -0.4 is 15.4 Å². The van der Waals surface area contributed by atoms with E-state index in [1.54, 1.807) is 0 Å². The van der Waals surface area contributed by atoms with E-state index in [0.717, 1.165) is 0 Å². The lowest BCUT2D eigenvalue weighted by molar-refractivity contribution is -0.221. The lowest BCUT2D eigenvalue weighted by atomic mass is 10.2. The minimum Gasteiger partial charge on any atom is -0.475 e. The van der Waals surface area contributed by atoms with Gasteiger partial charge in [-0.25, -0.2) is 0 Å². The number of morpholine rings is 1. The van der Waals surface area contributed by atoms with Crippen LogP contribution in [-0.4, -0.2) is 48.0 Å². The Morgan fingerprint density at radius 2 is 2.14 bits per heavy atom. The van der Waals surface area contributed by atoms with E-state index in [1.807, 2.05) is 13.8 Å². The molecule has 1 fully saturated rings. The first kappa shape index (κ1) is 15.6. The van der Waals surface area contributed by atoms with Gasteiger partial charge in [-0.15, -0.1) is 0 Å². The highest BCUT2D eigenvalue weighted by Crippen LogP contribution is 2.28. The van der Waals surface area contributed by atoms with Crippen LogP contribution in [0, 0.1) is 0 Å². The van der Waals surface area contributed by atoms with Crippen molar-refractivity contribution in [1.82, 2.24) is 9.97 Å². The second kappa shape index (κ2) is 5.92. The summed E-state index contributed by atoms with van der Waals surface area (Å²) in [5.41, 5.74) is 5.58. The highest BCUT2D eigenvalue weighted by Gasteiger charge is 2.43. The van der Waals surface area contributed by atoms with Crippen LogP contribution in [0.3, 0.4) is 0 Å². The number of anilines is 2. The summed E-state index contributed by atoms with van der Waals surface area (Å²) < 4.78 is 48.3. The molecule has 0 aromatic carbocycles. The van der Waals surface area contributed by atoms with Crippen molar-refractivity contribution in [1.29, 1.82) is 0 Å². The Balaban J connectivity index is 2.19. The fourth-order valence-electron chi connectivity index (χ4n) is 1.95. The molecule has 9 heteroatoms. The van der Waals surface area contributed by atoms with Gasteiger partial charge in [-0.3, -0.25) is 0 Å². The lowest BCUT2D eigenvalue weighted by Crippen LogP contribution is -2.49. The molecular weight excluding hydrogens is 289 g/mol. The third kappa shape index (κ3) is 4.10. The summed E-state index contributed by atoms with van der Waals surface area (Å²) in [4.78, 5) is 9.34. The SMILES string of the molecule is CC(C)Oc1cc(N2CCOC(C(F)(F)F)C2)nc(N)n1. The molecule has 0 bridgehead atoms. The average molecular weight is 306 g/mol. The van der Waals surface area contributed by atoms with E-state index >= 15 is 0 Å². The quantitative estimate of drug-likeness (QED) is 0.914. The van der Waals surface area contributed by atoms with Crippen LogP contribution in [-0.2, 0) is 4.74 Å². The van der Waals surface area contributed by atoms with Crippen LogP contribution in [0.25, 0.3) is 0 Å². The van der Waals surface area contributed by atoms with E-state index in [-0.39, 0.29) is 31.1 Å². The zero-order valence-electron chi connectivity index (χ0n) is 11.7. The smallest absolute Gasteiger partial charge is 0.416 e. The van der Waals surface area contributed by atoms with E-state index in [1.165, 1.54) is 11.0 Å². The maximum absolute atomic E-state index is 12.7. The number of nitrogens with zero attached hydrogens (tertiary/aromatic N) is 3. The number of alkyl halides is 3. The summed E-state index contributed by atoms with van der Waals surface area (Å²) in [6.07, 6.45) is -6.37. The first-order chi connectivity index (χ1) is 9.75. The van der Waals surface area contributed by atoms with E-state index < -0.39 is 12.3 Å². The molecule has 1 aliphatic heterocycles. The summed E-state index contributed by atoms with van der Waals surface area (Å²) in [5.74, 6) is 0.497. The Labute approximate surface area is 120 Å². The Morgan fingerprint density at radius 1 is 1.43 bits per heavy atom. The Morgan fingerprint density at radius 3 is 2.76 bits per heavy atom. The van der Waals surface area contributed by atoms with Crippen molar-refractivity contribution < 1.29 is 22.6 Å². The van der Waals surface area contributed by atoms with Gasteiger partial charge in [0.1, 0.15) is 5.82 Å². The second-order valence-corrected chi connectivity index (χ2v) is 4.94. The number of hydrogen-bond donors (Lipinski definition) is 1. The molecule has 1 aromatic heterocycles. The summed E-state index contributed by atoms with van der Waals surface area (Å²) in [5, 5.41) is 0. The van der Waals surface area contributed by atoms with E-state index in [0.29, 0.717) is 12.4 Å². The molecule has 1 saturated heterocycles. The number of nitrogen functional groups attached to an aromatic ring is 1. The van der Waals surface area contributed by atoms with Crippen molar-refractivity contribution in [3.63, 3.8) is 0 Å². The summed E-state index contributed by atoms with van der Waals surface area (Å²) >= 11 is 0. The minimum absolute atomic E-state index is 0.0333. The van der Waals surface area contributed by atoms with Crippen molar-refractivity contribution >= 4 is 11.8 Å². The van der Waals surface area contributed by atoms with Gasteiger partial charge in [0.05, 0.1) is 19.3 Å². The molecule has 2 rings (SSSR count). The number of aromatic nitrogens is 2. The van der Waals surface area contributed by atoms with Crippen molar-refractivity contribution in [2.45, 2.75) is 32.2 Å². The first-order valence-electron chi connectivity index (χ1n) is 6.50. The largest absolute Gasteiger partial charge is 0.475 e. The Hall–Kier alpha value is -1.77. The maximum atomic E-state index is 12.7. The molecule has 0 radical (unpaired) electrons. The molecular formula is C12H17F3N4O2. The van der Waals surface area contributed by atoms with E-state index in [9.17, 15) is 13.2 Å². The number of rotatable bonds is 3. The molecule has 0 saturated carbocycles. The van der Waals surface area contributed by atoms with Gasteiger partial charge in [0, 0.05) is 12.6 Å². The minimum atomic E-state index is -4.41. The highest BCUT2D eigenvalue weighted by molar-refractivity contribution is 5.46. The van der Waals surface area contributed by atoms with Gasteiger partial charge in [0.2, 0.25) is 11.8 Å². The number of hydrogen-bond acceptors (Lipinski definition) is 6. The lowest BCUT2D eigenvalue weighted by Gasteiger charge is -2.34. The molecule has 21 heavy (non-hydrogen) atoms. The molecule has 1 atom stereocenters. The third-order valence-corrected chi connectivity index (χ3v) is 2.82. The van der Waals surface area contributed by atoms with Gasteiger partial charge >= 0.3 is 6.18 Å².